The fourth-order valence-electron chi connectivity index (χ4n) is 3.30. The van der Waals surface area contributed by atoms with Crippen LogP contribution in [-0.4, -0.2) is 42.1 Å². The molecule has 0 aromatic carbocycles. The van der Waals surface area contributed by atoms with Gasteiger partial charge in [0.25, 0.3) is 5.91 Å². The molecule has 116 valence electrons. The van der Waals surface area contributed by atoms with Crippen molar-refractivity contribution >= 4 is 5.91 Å². The second-order valence-electron chi connectivity index (χ2n) is 7.55. The zero-order valence-electron chi connectivity index (χ0n) is 13.2. The minimum Gasteiger partial charge on any atom is -0.360 e. The van der Waals surface area contributed by atoms with Gasteiger partial charge in [-0.25, -0.2) is 0 Å². The highest BCUT2D eigenvalue weighted by Gasteiger charge is 2.38. The highest BCUT2D eigenvalue weighted by atomic mass is 16.5. The summed E-state index contributed by atoms with van der Waals surface area (Å²) in [6.07, 6.45) is 3.43. The molecule has 0 atom stereocenters. The predicted molar refractivity (Wildman–Crippen MR) is 80.3 cm³/mol. The van der Waals surface area contributed by atoms with Gasteiger partial charge in [0, 0.05) is 31.1 Å². The number of rotatable bonds is 1. The van der Waals surface area contributed by atoms with Crippen molar-refractivity contribution in [3.63, 3.8) is 0 Å². The molecule has 1 aromatic rings. The smallest absolute Gasteiger partial charge is 0.276 e. The van der Waals surface area contributed by atoms with Crippen molar-refractivity contribution in [3.8, 4) is 0 Å². The molecule has 2 saturated heterocycles. The van der Waals surface area contributed by atoms with Crippen molar-refractivity contribution < 1.29 is 9.32 Å². The number of carbonyl (C=O) groups is 1. The quantitative estimate of drug-likeness (QED) is 0.861. The Kier molecular flexibility index (Phi) is 3.56. The van der Waals surface area contributed by atoms with Crippen LogP contribution < -0.4 is 5.32 Å². The van der Waals surface area contributed by atoms with Crippen molar-refractivity contribution in [2.45, 2.75) is 45.4 Å². The van der Waals surface area contributed by atoms with Gasteiger partial charge in [-0.2, -0.15) is 0 Å². The van der Waals surface area contributed by atoms with Gasteiger partial charge in [0.15, 0.2) is 5.69 Å². The third kappa shape index (κ3) is 2.84. The zero-order chi connectivity index (χ0) is 15.1. The third-order valence-electron chi connectivity index (χ3n) is 4.91. The lowest BCUT2D eigenvalue weighted by Gasteiger charge is -2.38. The molecule has 2 aliphatic rings. The summed E-state index contributed by atoms with van der Waals surface area (Å²) in [7, 11) is 0. The van der Waals surface area contributed by atoms with Gasteiger partial charge in [-0.1, -0.05) is 25.9 Å². The maximum Gasteiger partial charge on any atom is 0.276 e. The van der Waals surface area contributed by atoms with Crippen LogP contribution in [0.1, 0.15) is 56.3 Å². The number of hydrogen-bond donors (Lipinski definition) is 1. The number of aromatic nitrogens is 1. The number of carbonyl (C=O) groups excluding carboxylic acids is 1. The lowest BCUT2D eigenvalue weighted by molar-refractivity contribution is 0.0597. The van der Waals surface area contributed by atoms with Crippen molar-refractivity contribution in [2.75, 3.05) is 26.2 Å². The molecule has 2 aliphatic heterocycles. The molecule has 0 saturated carbocycles. The summed E-state index contributed by atoms with van der Waals surface area (Å²) in [5, 5.41) is 7.42. The molecule has 0 radical (unpaired) electrons. The molecule has 1 N–H and O–H groups in total. The molecular formula is C16H25N3O2. The highest BCUT2D eigenvalue weighted by Crippen LogP contribution is 2.37. The summed E-state index contributed by atoms with van der Waals surface area (Å²) in [5.41, 5.74) is 0.755. The van der Waals surface area contributed by atoms with Crippen molar-refractivity contribution in [2.24, 2.45) is 5.41 Å². The van der Waals surface area contributed by atoms with E-state index in [-0.39, 0.29) is 11.3 Å². The van der Waals surface area contributed by atoms with Gasteiger partial charge in [0.05, 0.1) is 0 Å². The van der Waals surface area contributed by atoms with Crippen LogP contribution in [0, 0.1) is 5.41 Å². The van der Waals surface area contributed by atoms with Crippen LogP contribution in [0.15, 0.2) is 10.6 Å². The van der Waals surface area contributed by atoms with E-state index in [1.807, 2.05) is 4.90 Å². The van der Waals surface area contributed by atoms with Crippen LogP contribution in [0.5, 0.6) is 0 Å². The van der Waals surface area contributed by atoms with Crippen LogP contribution in [-0.2, 0) is 5.41 Å². The highest BCUT2D eigenvalue weighted by molar-refractivity contribution is 5.92. The van der Waals surface area contributed by atoms with E-state index in [1.165, 1.54) is 6.42 Å². The maximum absolute atomic E-state index is 12.5. The molecule has 0 bridgehead atoms. The number of hydrogen-bond acceptors (Lipinski definition) is 4. The molecule has 1 amide bonds. The molecular weight excluding hydrogens is 266 g/mol. The molecule has 1 spiro atoms. The predicted octanol–water partition coefficient (Wildman–Crippen LogP) is 2.19. The Morgan fingerprint density at radius 3 is 2.57 bits per heavy atom. The SMILES string of the molecule is CC(C)(C)c1cc(C(=O)N2CCC3(CCNC3)CC2)no1. The molecule has 3 heterocycles. The van der Waals surface area contributed by atoms with Crippen LogP contribution in [0.25, 0.3) is 0 Å². The van der Waals surface area contributed by atoms with E-state index in [9.17, 15) is 4.79 Å². The monoisotopic (exact) mass is 291 g/mol. The van der Waals surface area contributed by atoms with Crippen molar-refractivity contribution in [1.29, 1.82) is 0 Å². The van der Waals surface area contributed by atoms with Crippen molar-refractivity contribution in [3.05, 3.63) is 17.5 Å². The van der Waals surface area contributed by atoms with Crippen molar-refractivity contribution in [1.82, 2.24) is 15.4 Å². The second-order valence-corrected chi connectivity index (χ2v) is 7.55. The molecule has 5 heteroatoms. The molecule has 3 rings (SSSR count). The van der Waals surface area contributed by atoms with Crippen LogP contribution in [0.2, 0.25) is 0 Å². The number of piperidine rings is 1. The summed E-state index contributed by atoms with van der Waals surface area (Å²) in [5.74, 6) is 0.773. The number of likely N-dealkylation sites (tertiary alicyclic amines) is 1. The van der Waals surface area contributed by atoms with E-state index in [2.05, 4.69) is 31.2 Å². The molecule has 0 aliphatic carbocycles. The molecule has 5 nitrogen and oxygen atoms in total. The molecule has 21 heavy (non-hydrogen) atoms. The fourth-order valence-corrected chi connectivity index (χ4v) is 3.30. The minimum absolute atomic E-state index is 0.00931. The fraction of sp³-hybridized carbons (Fsp3) is 0.750. The first-order valence-electron chi connectivity index (χ1n) is 7.87. The Labute approximate surface area is 126 Å². The first kappa shape index (κ1) is 14.6. The van der Waals surface area contributed by atoms with E-state index in [0.717, 1.165) is 44.8 Å². The Hall–Kier alpha value is -1.36. The molecule has 1 aromatic heterocycles. The van der Waals surface area contributed by atoms with Gasteiger partial charge < -0.3 is 14.7 Å². The van der Waals surface area contributed by atoms with Gasteiger partial charge in [0.1, 0.15) is 5.76 Å². The Balaban J connectivity index is 1.65. The standard InChI is InChI=1S/C16H25N3O2/c1-15(2,3)13-10-12(18-21-13)14(20)19-8-5-16(6-9-19)4-7-17-11-16/h10,17H,4-9,11H2,1-3H3. The van der Waals surface area contributed by atoms with Crippen LogP contribution >= 0.6 is 0 Å². The summed E-state index contributed by atoms with van der Waals surface area (Å²) in [6.45, 7) is 10.0. The Bertz CT molecular complexity index is 514. The number of nitrogens with one attached hydrogen (secondary N) is 1. The maximum atomic E-state index is 12.5. The first-order chi connectivity index (χ1) is 9.90. The van der Waals surface area contributed by atoms with Crippen LogP contribution in [0.3, 0.4) is 0 Å². The Morgan fingerprint density at radius 2 is 2.05 bits per heavy atom. The van der Waals surface area contributed by atoms with Gasteiger partial charge in [-0.05, 0) is 31.2 Å². The number of amides is 1. The average molecular weight is 291 g/mol. The topological polar surface area (TPSA) is 58.4 Å². The van der Waals surface area contributed by atoms with Gasteiger partial charge in [-0.3, -0.25) is 4.79 Å². The van der Waals surface area contributed by atoms with E-state index in [1.54, 1.807) is 6.07 Å². The molecule has 2 fully saturated rings. The summed E-state index contributed by atoms with van der Waals surface area (Å²) >= 11 is 0. The third-order valence-corrected chi connectivity index (χ3v) is 4.91. The lowest BCUT2D eigenvalue weighted by atomic mass is 9.78. The first-order valence-corrected chi connectivity index (χ1v) is 7.87. The second kappa shape index (κ2) is 5.13. The molecule has 0 unspecified atom stereocenters. The van der Waals surface area contributed by atoms with E-state index >= 15 is 0 Å². The van der Waals surface area contributed by atoms with E-state index in [0.29, 0.717) is 11.1 Å². The largest absolute Gasteiger partial charge is 0.360 e. The van der Waals surface area contributed by atoms with Crippen LogP contribution in [0.4, 0.5) is 0 Å². The summed E-state index contributed by atoms with van der Waals surface area (Å²) in [6, 6.07) is 1.80. The van der Waals surface area contributed by atoms with E-state index in [4.69, 9.17) is 4.52 Å². The summed E-state index contributed by atoms with van der Waals surface area (Å²) < 4.78 is 5.33. The van der Waals surface area contributed by atoms with Gasteiger partial charge >= 0.3 is 0 Å². The zero-order valence-corrected chi connectivity index (χ0v) is 13.2. The lowest BCUT2D eigenvalue weighted by Crippen LogP contribution is -2.44. The number of nitrogens with zero attached hydrogens (tertiary/aromatic N) is 2. The van der Waals surface area contributed by atoms with E-state index < -0.39 is 0 Å². The van der Waals surface area contributed by atoms with Gasteiger partial charge in [0.2, 0.25) is 0 Å². The normalized spacial score (nSPS) is 22.0. The Morgan fingerprint density at radius 1 is 1.33 bits per heavy atom. The van der Waals surface area contributed by atoms with Gasteiger partial charge in [-0.15, -0.1) is 0 Å². The summed E-state index contributed by atoms with van der Waals surface area (Å²) in [4.78, 5) is 14.5. The average Bonchev–Trinajstić information content (AvgIpc) is 3.08. The minimum atomic E-state index is -0.118.